The largest absolute Gasteiger partial charge is 0.375 e. The SMILES string of the molecule is CCO[C@H]1CCN(C(=O)C2CCC(C3CCCCCCCC3)N2)C[C@H]1F. The first-order valence-electron chi connectivity index (χ1n) is 11.0. The molecule has 4 nitrogen and oxygen atoms in total. The molecule has 0 spiro atoms. The maximum absolute atomic E-state index is 14.3. The number of rotatable bonds is 4. The van der Waals surface area contributed by atoms with Gasteiger partial charge in [-0.2, -0.15) is 0 Å². The number of carbonyl (C=O) groups excluding carboxylic acids is 1. The lowest BCUT2D eigenvalue weighted by atomic mass is 9.89. The molecule has 1 amide bonds. The number of halogens is 1. The third-order valence-electron chi connectivity index (χ3n) is 6.62. The summed E-state index contributed by atoms with van der Waals surface area (Å²) in [4.78, 5) is 14.6. The Labute approximate surface area is 158 Å². The molecule has 0 aromatic carbocycles. The number of nitrogens with one attached hydrogen (secondary N) is 1. The van der Waals surface area contributed by atoms with Gasteiger partial charge in [-0.15, -0.1) is 0 Å². The van der Waals surface area contributed by atoms with Gasteiger partial charge in [0, 0.05) is 19.2 Å². The van der Waals surface area contributed by atoms with E-state index in [1.54, 1.807) is 4.90 Å². The van der Waals surface area contributed by atoms with Gasteiger partial charge in [-0.05, 0) is 44.9 Å². The summed E-state index contributed by atoms with van der Waals surface area (Å²) >= 11 is 0. The highest BCUT2D eigenvalue weighted by atomic mass is 19.1. The van der Waals surface area contributed by atoms with Gasteiger partial charge in [0.25, 0.3) is 0 Å². The zero-order valence-corrected chi connectivity index (χ0v) is 16.4. The summed E-state index contributed by atoms with van der Waals surface area (Å²) in [5.41, 5.74) is 0. The van der Waals surface area contributed by atoms with Crippen molar-refractivity contribution in [2.24, 2.45) is 5.92 Å². The Balaban J connectivity index is 1.49. The Morgan fingerprint density at radius 2 is 1.73 bits per heavy atom. The summed E-state index contributed by atoms with van der Waals surface area (Å²) in [7, 11) is 0. The van der Waals surface area contributed by atoms with Gasteiger partial charge in [0.05, 0.1) is 18.7 Å². The van der Waals surface area contributed by atoms with Gasteiger partial charge in [-0.1, -0.05) is 38.5 Å². The highest BCUT2D eigenvalue weighted by Gasteiger charge is 2.38. The number of hydrogen-bond acceptors (Lipinski definition) is 3. The monoisotopic (exact) mass is 368 g/mol. The second kappa shape index (κ2) is 10.0. The van der Waals surface area contributed by atoms with Crippen LogP contribution in [0.25, 0.3) is 0 Å². The summed E-state index contributed by atoms with van der Waals surface area (Å²) in [6.07, 6.45) is 11.9. The van der Waals surface area contributed by atoms with E-state index in [0.717, 1.165) is 12.8 Å². The maximum Gasteiger partial charge on any atom is 0.239 e. The third-order valence-corrected chi connectivity index (χ3v) is 6.62. The second-order valence-corrected chi connectivity index (χ2v) is 8.44. The molecule has 3 fully saturated rings. The molecule has 0 aromatic heterocycles. The van der Waals surface area contributed by atoms with Crippen LogP contribution in [0.1, 0.15) is 77.6 Å². The van der Waals surface area contributed by atoms with Gasteiger partial charge in [0.2, 0.25) is 5.91 Å². The zero-order valence-electron chi connectivity index (χ0n) is 16.4. The van der Waals surface area contributed by atoms with Crippen LogP contribution in [0.3, 0.4) is 0 Å². The Morgan fingerprint density at radius 1 is 1.04 bits per heavy atom. The molecule has 0 radical (unpaired) electrons. The molecule has 150 valence electrons. The Kier molecular flexibility index (Phi) is 7.74. The summed E-state index contributed by atoms with van der Waals surface area (Å²) in [6.45, 7) is 3.24. The van der Waals surface area contributed by atoms with Crippen molar-refractivity contribution in [3.05, 3.63) is 0 Å². The quantitative estimate of drug-likeness (QED) is 0.820. The first kappa shape index (κ1) is 20.1. The van der Waals surface area contributed by atoms with Crippen LogP contribution in [-0.4, -0.2) is 54.9 Å². The molecule has 2 unspecified atom stereocenters. The van der Waals surface area contributed by atoms with Crippen molar-refractivity contribution in [2.75, 3.05) is 19.7 Å². The predicted octanol–water partition coefficient (Wildman–Crippen LogP) is 3.83. The molecule has 1 N–H and O–H groups in total. The predicted molar refractivity (Wildman–Crippen MR) is 102 cm³/mol. The molecule has 0 aromatic rings. The number of piperidine rings is 1. The van der Waals surface area contributed by atoms with Crippen LogP contribution < -0.4 is 5.32 Å². The van der Waals surface area contributed by atoms with E-state index in [4.69, 9.17) is 4.74 Å². The fourth-order valence-electron chi connectivity index (χ4n) is 5.11. The van der Waals surface area contributed by atoms with E-state index in [2.05, 4.69) is 5.32 Å². The molecular weight excluding hydrogens is 331 g/mol. The molecule has 4 atom stereocenters. The number of carbonyl (C=O) groups is 1. The lowest BCUT2D eigenvalue weighted by Gasteiger charge is -2.36. The highest BCUT2D eigenvalue weighted by Crippen LogP contribution is 2.30. The van der Waals surface area contributed by atoms with Crippen molar-refractivity contribution in [1.29, 1.82) is 0 Å². The third kappa shape index (κ3) is 5.19. The number of amides is 1. The minimum Gasteiger partial charge on any atom is -0.375 e. The first-order chi connectivity index (χ1) is 12.7. The molecule has 26 heavy (non-hydrogen) atoms. The summed E-state index contributed by atoms with van der Waals surface area (Å²) in [6, 6.07) is 0.368. The molecule has 1 saturated carbocycles. The van der Waals surface area contributed by atoms with E-state index in [1.165, 1.54) is 51.4 Å². The molecule has 0 bridgehead atoms. The average Bonchev–Trinajstić information content (AvgIpc) is 3.16. The van der Waals surface area contributed by atoms with E-state index in [0.29, 0.717) is 31.5 Å². The van der Waals surface area contributed by atoms with Gasteiger partial charge in [-0.25, -0.2) is 4.39 Å². The van der Waals surface area contributed by atoms with Crippen LogP contribution in [-0.2, 0) is 9.53 Å². The van der Waals surface area contributed by atoms with Crippen LogP contribution in [0.15, 0.2) is 0 Å². The van der Waals surface area contributed by atoms with Gasteiger partial charge < -0.3 is 15.0 Å². The second-order valence-electron chi connectivity index (χ2n) is 8.44. The molecule has 5 heteroatoms. The maximum atomic E-state index is 14.3. The van der Waals surface area contributed by atoms with Gasteiger partial charge >= 0.3 is 0 Å². The van der Waals surface area contributed by atoms with E-state index < -0.39 is 6.17 Å². The Morgan fingerprint density at radius 3 is 2.38 bits per heavy atom. The molecule has 2 aliphatic heterocycles. The zero-order chi connectivity index (χ0) is 18.4. The van der Waals surface area contributed by atoms with Crippen LogP contribution in [0.2, 0.25) is 0 Å². The Hall–Kier alpha value is -0.680. The molecular formula is C21H37FN2O2. The van der Waals surface area contributed by atoms with Crippen molar-refractivity contribution < 1.29 is 13.9 Å². The number of alkyl halides is 1. The number of ether oxygens (including phenoxy) is 1. The van der Waals surface area contributed by atoms with E-state index >= 15 is 0 Å². The van der Waals surface area contributed by atoms with Crippen LogP contribution >= 0.6 is 0 Å². The van der Waals surface area contributed by atoms with Crippen LogP contribution in [0, 0.1) is 5.92 Å². The highest BCUT2D eigenvalue weighted by molar-refractivity contribution is 5.82. The fraction of sp³-hybridized carbons (Fsp3) is 0.952. The van der Waals surface area contributed by atoms with Crippen molar-refractivity contribution in [2.45, 2.75) is 102 Å². The van der Waals surface area contributed by atoms with Crippen LogP contribution in [0.4, 0.5) is 4.39 Å². The standard InChI is InChI=1S/C21H37FN2O2/c1-2-26-20-13-14-24(15-17(20)22)21(25)19-12-11-18(23-19)16-9-7-5-3-4-6-8-10-16/h16-20,23H,2-15H2,1H3/t17-,18?,19?,20+/m1/s1. The lowest BCUT2D eigenvalue weighted by Crippen LogP contribution is -2.53. The summed E-state index contributed by atoms with van der Waals surface area (Å²) < 4.78 is 19.7. The average molecular weight is 369 g/mol. The summed E-state index contributed by atoms with van der Waals surface area (Å²) in [5, 5.41) is 3.63. The molecule has 1 aliphatic carbocycles. The number of likely N-dealkylation sites (tertiary alicyclic amines) is 1. The lowest BCUT2D eigenvalue weighted by molar-refractivity contribution is -0.138. The minimum atomic E-state index is -1.06. The van der Waals surface area contributed by atoms with Crippen molar-refractivity contribution in [3.63, 3.8) is 0 Å². The molecule has 2 saturated heterocycles. The van der Waals surface area contributed by atoms with Crippen molar-refractivity contribution >= 4 is 5.91 Å². The van der Waals surface area contributed by atoms with E-state index in [9.17, 15) is 9.18 Å². The fourth-order valence-corrected chi connectivity index (χ4v) is 5.11. The molecule has 3 aliphatic rings. The summed E-state index contributed by atoms with van der Waals surface area (Å²) in [5.74, 6) is 0.816. The van der Waals surface area contributed by atoms with Crippen molar-refractivity contribution in [1.82, 2.24) is 10.2 Å². The normalized spacial score (nSPS) is 34.9. The van der Waals surface area contributed by atoms with Crippen molar-refractivity contribution in [3.8, 4) is 0 Å². The number of nitrogens with zero attached hydrogens (tertiary/aromatic N) is 1. The first-order valence-corrected chi connectivity index (χ1v) is 11.0. The number of hydrogen-bond donors (Lipinski definition) is 1. The minimum absolute atomic E-state index is 0.105. The van der Waals surface area contributed by atoms with E-state index in [-0.39, 0.29) is 24.6 Å². The topological polar surface area (TPSA) is 41.6 Å². The van der Waals surface area contributed by atoms with E-state index in [1.807, 2.05) is 6.92 Å². The Bertz CT molecular complexity index is 438. The van der Waals surface area contributed by atoms with Gasteiger partial charge in [-0.3, -0.25) is 4.79 Å². The smallest absolute Gasteiger partial charge is 0.239 e. The molecule has 3 rings (SSSR count). The molecule has 2 heterocycles. The van der Waals surface area contributed by atoms with Crippen LogP contribution in [0.5, 0.6) is 0 Å². The van der Waals surface area contributed by atoms with Gasteiger partial charge in [0.15, 0.2) is 0 Å². The van der Waals surface area contributed by atoms with Gasteiger partial charge in [0.1, 0.15) is 6.17 Å².